The zero-order valence-corrected chi connectivity index (χ0v) is 17.5. The number of rotatable bonds is 11. The summed E-state index contributed by atoms with van der Waals surface area (Å²) >= 11 is 0. The lowest BCUT2D eigenvalue weighted by molar-refractivity contribution is -0.384. The summed E-state index contributed by atoms with van der Waals surface area (Å²) in [5.74, 6) is -1.12. The van der Waals surface area contributed by atoms with Crippen molar-refractivity contribution in [3.63, 3.8) is 0 Å². The summed E-state index contributed by atoms with van der Waals surface area (Å²) < 4.78 is 41.2. The van der Waals surface area contributed by atoms with Crippen LogP contribution in [0.3, 0.4) is 0 Å². The molecule has 1 aromatic carbocycles. The standard InChI is InChI=1S/C18H17N5O9S/c24-17(21-16-5-7-32-22-16)11-31-18(25)10-20-33(28,29)13-3-4-14(15(8-13)23(26)27)19-9-12-2-1-6-30-12/h1-8,19-20H,9-11H2,(H,21,22,24). The molecule has 14 nitrogen and oxygen atoms in total. The Bertz CT molecular complexity index is 1220. The Balaban J connectivity index is 1.57. The molecule has 0 saturated carbocycles. The molecular weight excluding hydrogens is 462 g/mol. The minimum absolute atomic E-state index is 0.0767. The molecule has 33 heavy (non-hydrogen) atoms. The topological polar surface area (TPSA) is 196 Å². The Morgan fingerprint density at radius 3 is 2.67 bits per heavy atom. The van der Waals surface area contributed by atoms with Gasteiger partial charge in [0.05, 0.1) is 22.6 Å². The fraction of sp³-hybridized carbons (Fsp3) is 0.167. The van der Waals surface area contributed by atoms with E-state index in [1.54, 1.807) is 12.1 Å². The van der Waals surface area contributed by atoms with Gasteiger partial charge in [0.25, 0.3) is 11.6 Å². The number of hydrogen-bond donors (Lipinski definition) is 3. The van der Waals surface area contributed by atoms with Gasteiger partial charge in [-0.2, -0.15) is 4.72 Å². The molecule has 3 N–H and O–H groups in total. The van der Waals surface area contributed by atoms with Gasteiger partial charge in [-0.1, -0.05) is 5.16 Å². The largest absolute Gasteiger partial charge is 0.467 e. The zero-order valence-electron chi connectivity index (χ0n) is 16.7. The van der Waals surface area contributed by atoms with Crippen molar-refractivity contribution in [1.82, 2.24) is 9.88 Å². The number of carbonyl (C=O) groups is 2. The molecule has 0 spiro atoms. The van der Waals surface area contributed by atoms with Gasteiger partial charge in [-0.15, -0.1) is 0 Å². The number of nitro groups is 1. The van der Waals surface area contributed by atoms with Gasteiger partial charge in [0, 0.05) is 12.1 Å². The summed E-state index contributed by atoms with van der Waals surface area (Å²) in [6.45, 7) is -1.34. The van der Waals surface area contributed by atoms with E-state index < -0.39 is 50.6 Å². The number of sulfonamides is 1. The zero-order chi connectivity index (χ0) is 23.8. The molecular formula is C18H17N5O9S. The Morgan fingerprint density at radius 1 is 1.18 bits per heavy atom. The van der Waals surface area contributed by atoms with Crippen molar-refractivity contribution in [2.75, 3.05) is 23.8 Å². The van der Waals surface area contributed by atoms with Gasteiger partial charge in [-0.25, -0.2) is 8.42 Å². The third kappa shape index (κ3) is 6.62. The summed E-state index contributed by atoms with van der Waals surface area (Å²) in [6, 6.07) is 7.90. The van der Waals surface area contributed by atoms with E-state index in [0.29, 0.717) is 5.76 Å². The predicted octanol–water partition coefficient (Wildman–Crippen LogP) is 1.25. The van der Waals surface area contributed by atoms with E-state index >= 15 is 0 Å². The highest BCUT2D eigenvalue weighted by molar-refractivity contribution is 7.89. The molecule has 174 valence electrons. The molecule has 3 aromatic rings. The summed E-state index contributed by atoms with van der Waals surface area (Å²) in [6.07, 6.45) is 2.67. The molecule has 0 atom stereocenters. The van der Waals surface area contributed by atoms with E-state index in [1.165, 1.54) is 24.7 Å². The van der Waals surface area contributed by atoms with Crippen LogP contribution in [-0.4, -0.2) is 43.5 Å². The van der Waals surface area contributed by atoms with Crippen LogP contribution in [0.25, 0.3) is 0 Å². The molecule has 0 saturated heterocycles. The number of nitrogens with zero attached hydrogens (tertiary/aromatic N) is 2. The van der Waals surface area contributed by atoms with Gasteiger partial charge in [-0.05, 0) is 24.3 Å². The maximum atomic E-state index is 12.4. The number of ether oxygens (including phenoxy) is 1. The molecule has 0 unspecified atom stereocenters. The first-order valence-corrected chi connectivity index (χ1v) is 10.6. The molecule has 0 fully saturated rings. The minimum Gasteiger partial charge on any atom is -0.467 e. The second kappa shape index (κ2) is 10.4. The molecule has 15 heteroatoms. The Kier molecular flexibility index (Phi) is 7.37. The first-order valence-electron chi connectivity index (χ1n) is 9.15. The molecule has 0 bridgehead atoms. The average molecular weight is 479 g/mol. The summed E-state index contributed by atoms with van der Waals surface area (Å²) in [5, 5.41) is 19.9. The van der Waals surface area contributed by atoms with Crippen LogP contribution in [0.4, 0.5) is 17.2 Å². The van der Waals surface area contributed by atoms with Crippen molar-refractivity contribution in [2.45, 2.75) is 11.4 Å². The molecule has 2 aromatic heterocycles. The SMILES string of the molecule is O=C(COC(=O)CNS(=O)(=O)c1ccc(NCc2ccco2)c([N+](=O)[O-])c1)Nc1ccon1. The number of hydrogen-bond acceptors (Lipinski definition) is 11. The molecule has 0 aliphatic heterocycles. The van der Waals surface area contributed by atoms with Crippen molar-refractivity contribution in [3.05, 3.63) is 64.8 Å². The van der Waals surface area contributed by atoms with Gasteiger partial charge in [0.15, 0.2) is 12.4 Å². The number of esters is 1. The number of amides is 1. The van der Waals surface area contributed by atoms with Gasteiger partial charge in [0.2, 0.25) is 10.0 Å². The summed E-state index contributed by atoms with van der Waals surface area (Å²) in [4.78, 5) is 33.6. The molecule has 0 aliphatic carbocycles. The van der Waals surface area contributed by atoms with Gasteiger partial charge < -0.3 is 24.3 Å². The van der Waals surface area contributed by atoms with E-state index in [2.05, 4.69) is 25.1 Å². The van der Waals surface area contributed by atoms with Gasteiger partial charge >= 0.3 is 5.97 Å². The highest BCUT2D eigenvalue weighted by Crippen LogP contribution is 2.28. The van der Waals surface area contributed by atoms with E-state index in [1.807, 2.05) is 4.72 Å². The van der Waals surface area contributed by atoms with Crippen molar-refractivity contribution in [1.29, 1.82) is 0 Å². The van der Waals surface area contributed by atoms with E-state index in [4.69, 9.17) is 4.42 Å². The van der Waals surface area contributed by atoms with Crippen LogP contribution in [0, 0.1) is 10.1 Å². The molecule has 3 rings (SSSR count). The van der Waals surface area contributed by atoms with Crippen LogP contribution < -0.4 is 15.4 Å². The maximum absolute atomic E-state index is 12.4. The third-order valence-corrected chi connectivity index (χ3v) is 5.38. The molecule has 1 amide bonds. The first-order chi connectivity index (χ1) is 15.7. The first kappa shape index (κ1) is 23.4. The van der Waals surface area contributed by atoms with Crippen molar-refractivity contribution in [2.24, 2.45) is 0 Å². The number of anilines is 2. The monoisotopic (exact) mass is 479 g/mol. The Hall–Kier alpha value is -4.24. The van der Waals surface area contributed by atoms with Crippen LogP contribution in [0.15, 0.2) is 62.8 Å². The Morgan fingerprint density at radius 2 is 2.00 bits per heavy atom. The number of furan rings is 1. The normalized spacial score (nSPS) is 11.0. The van der Waals surface area contributed by atoms with Crippen LogP contribution >= 0.6 is 0 Å². The second-order valence-electron chi connectivity index (χ2n) is 6.29. The highest BCUT2D eigenvalue weighted by Gasteiger charge is 2.22. The summed E-state index contributed by atoms with van der Waals surface area (Å²) in [5.41, 5.74) is -0.413. The smallest absolute Gasteiger partial charge is 0.321 e. The molecule has 0 aliphatic rings. The average Bonchev–Trinajstić information content (AvgIpc) is 3.49. The third-order valence-electron chi connectivity index (χ3n) is 3.99. The number of benzene rings is 1. The fourth-order valence-corrected chi connectivity index (χ4v) is 3.45. The van der Waals surface area contributed by atoms with Crippen LogP contribution in [0.2, 0.25) is 0 Å². The summed E-state index contributed by atoms with van der Waals surface area (Å²) in [7, 11) is -4.29. The number of nitrogens with one attached hydrogen (secondary N) is 3. The lowest BCUT2D eigenvalue weighted by Crippen LogP contribution is -2.32. The van der Waals surface area contributed by atoms with Crippen LogP contribution in [0.5, 0.6) is 0 Å². The lowest BCUT2D eigenvalue weighted by atomic mass is 10.2. The van der Waals surface area contributed by atoms with Crippen molar-refractivity contribution >= 4 is 39.1 Å². The highest BCUT2D eigenvalue weighted by atomic mass is 32.2. The Labute approximate surface area is 186 Å². The minimum atomic E-state index is -4.29. The van der Waals surface area contributed by atoms with Crippen molar-refractivity contribution < 1.29 is 36.6 Å². The van der Waals surface area contributed by atoms with E-state index in [0.717, 1.165) is 12.1 Å². The predicted molar refractivity (Wildman–Crippen MR) is 110 cm³/mol. The van der Waals surface area contributed by atoms with Crippen LogP contribution in [0.1, 0.15) is 5.76 Å². The second-order valence-corrected chi connectivity index (χ2v) is 8.05. The molecule has 2 heterocycles. The van der Waals surface area contributed by atoms with Gasteiger partial charge in [0.1, 0.15) is 24.3 Å². The number of nitro benzene ring substituents is 1. The van der Waals surface area contributed by atoms with E-state index in [9.17, 15) is 28.1 Å². The quantitative estimate of drug-likeness (QED) is 0.203. The maximum Gasteiger partial charge on any atom is 0.321 e. The lowest BCUT2D eigenvalue weighted by Gasteiger charge is -2.10. The van der Waals surface area contributed by atoms with E-state index in [-0.39, 0.29) is 18.1 Å². The number of aromatic nitrogens is 1. The van der Waals surface area contributed by atoms with Gasteiger partial charge in [-0.3, -0.25) is 19.7 Å². The fourth-order valence-electron chi connectivity index (χ4n) is 2.46. The van der Waals surface area contributed by atoms with Crippen LogP contribution in [-0.2, 0) is 30.9 Å². The molecule has 0 radical (unpaired) electrons. The number of carbonyl (C=O) groups excluding carboxylic acids is 2. The van der Waals surface area contributed by atoms with Crippen molar-refractivity contribution in [3.8, 4) is 0 Å².